The summed E-state index contributed by atoms with van der Waals surface area (Å²) < 4.78 is 5.21. The van der Waals surface area contributed by atoms with Crippen LogP contribution in [0.3, 0.4) is 0 Å². The van der Waals surface area contributed by atoms with Gasteiger partial charge in [-0.2, -0.15) is 4.98 Å². The summed E-state index contributed by atoms with van der Waals surface area (Å²) in [5.74, 6) is 0.465. The quantitative estimate of drug-likeness (QED) is 0.753. The Morgan fingerprint density at radius 2 is 2.46 bits per heavy atom. The minimum atomic E-state index is 0.153. The lowest BCUT2D eigenvalue weighted by Gasteiger charge is -2.03. The van der Waals surface area contributed by atoms with Crippen LogP contribution in [0.2, 0.25) is 5.02 Å². The summed E-state index contributed by atoms with van der Waals surface area (Å²) in [5.41, 5.74) is 5.35. The van der Waals surface area contributed by atoms with Crippen molar-refractivity contribution in [2.75, 3.05) is 12.3 Å². The van der Waals surface area contributed by atoms with Gasteiger partial charge in [-0.3, -0.25) is 0 Å². The van der Waals surface area contributed by atoms with Crippen molar-refractivity contribution in [2.24, 2.45) is 0 Å². The highest BCUT2D eigenvalue weighted by atomic mass is 35.5. The number of anilines is 1. The van der Waals surface area contributed by atoms with Gasteiger partial charge in [-0.25, -0.2) is 4.98 Å². The summed E-state index contributed by atoms with van der Waals surface area (Å²) >= 11 is 5.75. The number of ether oxygens (including phenoxy) is 1. The molecule has 0 unspecified atom stereocenters. The number of nitrogen functional groups attached to an aromatic ring is 1. The highest BCUT2D eigenvalue weighted by molar-refractivity contribution is 6.31. The van der Waals surface area contributed by atoms with E-state index in [4.69, 9.17) is 22.1 Å². The Morgan fingerprint density at radius 1 is 1.69 bits per heavy atom. The van der Waals surface area contributed by atoms with E-state index in [9.17, 15) is 0 Å². The van der Waals surface area contributed by atoms with Gasteiger partial charge in [-0.15, -0.1) is 0 Å². The largest absolute Gasteiger partial charge is 0.472 e. The third-order valence-electron chi connectivity index (χ3n) is 1.28. The van der Waals surface area contributed by atoms with Gasteiger partial charge < -0.3 is 10.5 Å². The van der Waals surface area contributed by atoms with Gasteiger partial charge in [-0.1, -0.05) is 23.8 Å². The van der Waals surface area contributed by atoms with Crippen LogP contribution in [0, 0.1) is 0 Å². The fraction of sp³-hybridized carbons (Fsp3) is 0.250. The second-order valence-corrected chi connectivity index (χ2v) is 2.67. The highest BCUT2D eigenvalue weighted by Gasteiger charge is 2.03. The van der Waals surface area contributed by atoms with Gasteiger partial charge in [0.2, 0.25) is 11.8 Å². The molecule has 13 heavy (non-hydrogen) atoms. The monoisotopic (exact) mass is 199 g/mol. The Labute approximate surface area is 81.4 Å². The average Bonchev–Trinajstić information content (AvgIpc) is 2.11. The van der Waals surface area contributed by atoms with E-state index in [-0.39, 0.29) is 5.95 Å². The Morgan fingerprint density at radius 3 is 3.15 bits per heavy atom. The first-order valence-corrected chi connectivity index (χ1v) is 4.14. The zero-order valence-electron chi connectivity index (χ0n) is 7.20. The lowest BCUT2D eigenvalue weighted by atomic mass is 10.5. The molecular weight excluding hydrogens is 190 g/mol. The van der Waals surface area contributed by atoms with Crippen LogP contribution in [0.5, 0.6) is 5.88 Å². The van der Waals surface area contributed by atoms with E-state index < -0.39 is 0 Å². The molecule has 0 aliphatic carbocycles. The fourth-order valence-corrected chi connectivity index (χ4v) is 0.834. The van der Waals surface area contributed by atoms with E-state index in [1.807, 2.05) is 19.1 Å². The molecule has 0 amide bonds. The topological polar surface area (TPSA) is 61.0 Å². The molecule has 70 valence electrons. The molecule has 2 N–H and O–H groups in total. The van der Waals surface area contributed by atoms with Crippen LogP contribution in [0.15, 0.2) is 18.3 Å². The number of allylic oxidation sites excluding steroid dienone is 1. The second-order valence-electron chi connectivity index (χ2n) is 2.26. The van der Waals surface area contributed by atoms with Crippen LogP contribution in [0.25, 0.3) is 0 Å². The molecule has 0 bridgehead atoms. The SMILES string of the molecule is C/C=C/COc1nc(N)ncc1Cl. The Balaban J connectivity index is 2.69. The predicted molar refractivity (Wildman–Crippen MR) is 51.8 cm³/mol. The maximum absolute atomic E-state index is 5.75. The molecule has 0 radical (unpaired) electrons. The van der Waals surface area contributed by atoms with Crippen LogP contribution < -0.4 is 10.5 Å². The van der Waals surface area contributed by atoms with E-state index in [0.29, 0.717) is 17.5 Å². The summed E-state index contributed by atoms with van der Waals surface area (Å²) in [6.45, 7) is 2.33. The van der Waals surface area contributed by atoms with Crippen molar-refractivity contribution in [3.05, 3.63) is 23.4 Å². The molecule has 0 spiro atoms. The van der Waals surface area contributed by atoms with Gasteiger partial charge in [0, 0.05) is 0 Å². The predicted octanol–water partition coefficient (Wildman–Crippen LogP) is 1.67. The third kappa shape index (κ3) is 2.91. The first-order chi connectivity index (χ1) is 6.24. The van der Waals surface area contributed by atoms with Crippen LogP contribution in [0.1, 0.15) is 6.92 Å². The van der Waals surface area contributed by atoms with E-state index in [1.165, 1.54) is 6.20 Å². The molecule has 0 atom stereocenters. The zero-order chi connectivity index (χ0) is 9.68. The fourth-order valence-electron chi connectivity index (χ4n) is 0.689. The summed E-state index contributed by atoms with van der Waals surface area (Å²) in [7, 11) is 0. The number of nitrogens with zero attached hydrogens (tertiary/aromatic N) is 2. The number of nitrogens with two attached hydrogens (primary N) is 1. The van der Waals surface area contributed by atoms with Crippen molar-refractivity contribution in [1.82, 2.24) is 9.97 Å². The van der Waals surface area contributed by atoms with Crippen LogP contribution >= 0.6 is 11.6 Å². The molecule has 0 saturated carbocycles. The van der Waals surface area contributed by atoms with E-state index in [0.717, 1.165) is 0 Å². The van der Waals surface area contributed by atoms with E-state index in [2.05, 4.69) is 9.97 Å². The first kappa shape index (κ1) is 9.80. The number of aromatic nitrogens is 2. The molecule has 1 aromatic rings. The Hall–Kier alpha value is -1.29. The molecule has 0 aliphatic heterocycles. The third-order valence-corrected chi connectivity index (χ3v) is 1.54. The number of rotatable bonds is 3. The molecule has 0 aromatic carbocycles. The maximum Gasteiger partial charge on any atom is 0.237 e. The van der Waals surface area contributed by atoms with Crippen LogP contribution in [0.4, 0.5) is 5.95 Å². The average molecular weight is 200 g/mol. The minimum Gasteiger partial charge on any atom is -0.472 e. The maximum atomic E-state index is 5.75. The zero-order valence-corrected chi connectivity index (χ0v) is 7.95. The molecule has 1 aromatic heterocycles. The van der Waals surface area contributed by atoms with Crippen molar-refractivity contribution in [3.63, 3.8) is 0 Å². The highest BCUT2D eigenvalue weighted by Crippen LogP contribution is 2.20. The molecule has 0 saturated heterocycles. The molecule has 0 fully saturated rings. The minimum absolute atomic E-state index is 0.153. The van der Waals surface area contributed by atoms with Crippen molar-refractivity contribution in [3.8, 4) is 5.88 Å². The standard InChI is InChI=1S/C8H10ClN3O/c1-2-3-4-13-7-6(9)5-11-8(10)12-7/h2-3,5H,4H2,1H3,(H2,10,11,12)/b3-2+. The van der Waals surface area contributed by atoms with Crippen molar-refractivity contribution < 1.29 is 4.74 Å². The van der Waals surface area contributed by atoms with Crippen molar-refractivity contribution >= 4 is 17.5 Å². The number of halogens is 1. The van der Waals surface area contributed by atoms with E-state index in [1.54, 1.807) is 0 Å². The molecule has 1 heterocycles. The van der Waals surface area contributed by atoms with Gasteiger partial charge in [-0.05, 0) is 6.92 Å². The number of hydrogen-bond acceptors (Lipinski definition) is 4. The number of hydrogen-bond donors (Lipinski definition) is 1. The summed E-state index contributed by atoms with van der Waals surface area (Å²) in [5, 5.41) is 0.360. The van der Waals surface area contributed by atoms with Crippen LogP contribution in [-0.4, -0.2) is 16.6 Å². The van der Waals surface area contributed by atoms with Crippen molar-refractivity contribution in [1.29, 1.82) is 0 Å². The summed E-state index contributed by atoms with van der Waals surface area (Å²) in [6, 6.07) is 0. The second kappa shape index (κ2) is 4.67. The summed E-state index contributed by atoms with van der Waals surface area (Å²) in [6.07, 6.45) is 5.13. The van der Waals surface area contributed by atoms with Crippen molar-refractivity contribution in [2.45, 2.75) is 6.92 Å². The van der Waals surface area contributed by atoms with Gasteiger partial charge in [0.1, 0.15) is 11.6 Å². The first-order valence-electron chi connectivity index (χ1n) is 3.76. The van der Waals surface area contributed by atoms with Gasteiger partial charge in [0.15, 0.2) is 0 Å². The van der Waals surface area contributed by atoms with Gasteiger partial charge in [0.25, 0.3) is 0 Å². The molecule has 0 aliphatic rings. The Bertz CT molecular complexity index is 314. The lowest BCUT2D eigenvalue weighted by molar-refractivity contribution is 0.348. The molecule has 5 heteroatoms. The smallest absolute Gasteiger partial charge is 0.237 e. The van der Waals surface area contributed by atoms with Crippen LogP contribution in [-0.2, 0) is 0 Å². The Kier molecular flexibility index (Phi) is 3.52. The summed E-state index contributed by atoms with van der Waals surface area (Å²) in [4.78, 5) is 7.53. The lowest BCUT2D eigenvalue weighted by Crippen LogP contribution is -2.00. The molecule has 4 nitrogen and oxygen atoms in total. The van der Waals surface area contributed by atoms with Gasteiger partial charge >= 0.3 is 0 Å². The van der Waals surface area contributed by atoms with E-state index >= 15 is 0 Å². The molecule has 1 rings (SSSR count). The van der Waals surface area contributed by atoms with Gasteiger partial charge in [0.05, 0.1) is 6.20 Å². The molecular formula is C8H10ClN3O. The normalized spacial score (nSPS) is 10.6.